The van der Waals surface area contributed by atoms with Gasteiger partial charge < -0.3 is 47.1 Å². The van der Waals surface area contributed by atoms with E-state index in [1.165, 1.54) is 13.8 Å². The Morgan fingerprint density at radius 2 is 1.22 bits per heavy atom. The number of aliphatic carboxylic acids is 2. The maximum absolute atomic E-state index is 13.6. The van der Waals surface area contributed by atoms with E-state index in [1.807, 2.05) is 24.3 Å². The van der Waals surface area contributed by atoms with Gasteiger partial charge in [0.25, 0.3) is 0 Å². The molecule has 0 saturated carbocycles. The fourth-order valence-electron chi connectivity index (χ4n) is 6.28. The zero-order valence-electron chi connectivity index (χ0n) is 33.6. The number of carbonyl (C=O) groups excluding carboxylic acids is 6. The van der Waals surface area contributed by atoms with Gasteiger partial charge in [-0.3, -0.25) is 33.6 Å². The van der Waals surface area contributed by atoms with E-state index in [0.717, 1.165) is 16.5 Å². The summed E-state index contributed by atoms with van der Waals surface area (Å²) in [5, 5.41) is 35.5. The maximum atomic E-state index is 13.6. The molecule has 17 nitrogen and oxygen atoms in total. The standard InChI is InChI=1S/C41H55N7O10/c1-7-23(4)35(40(56)47-33(41(57)58)19-27-21-42-29-16-12-11-15-28(27)29)48-36(52)24(5)43-37(53)32(20-34(50)51)46-38(54)30(17-22(2)3)45-39(55)31(44-25(6)49)18-26-13-9-8-10-14-26/h8-16,21-24,30-33,35,42H,7,17-20H2,1-6H3,(H,43,53)(H,44,49)(H,45,55)(H,46,54)(H,47,56)(H,48,52)(H,50,51)(H,57,58)/t23-,24-,30-,31+,32-,33-,35-/m0/s1. The second-order valence-corrected chi connectivity index (χ2v) is 14.9. The van der Waals surface area contributed by atoms with Crippen LogP contribution in [0.25, 0.3) is 10.9 Å². The number of amides is 6. The largest absolute Gasteiger partial charge is 0.481 e. The summed E-state index contributed by atoms with van der Waals surface area (Å²) in [4.78, 5) is 107. The molecule has 7 atom stereocenters. The molecule has 314 valence electrons. The number of carboxylic acid groups (broad SMARTS) is 2. The van der Waals surface area contributed by atoms with Crippen LogP contribution in [0.3, 0.4) is 0 Å². The highest BCUT2D eigenvalue weighted by molar-refractivity contribution is 5.98. The molecule has 0 fully saturated rings. The quantitative estimate of drug-likeness (QED) is 0.0708. The molecule has 1 aromatic heterocycles. The van der Waals surface area contributed by atoms with Gasteiger partial charge in [0.05, 0.1) is 6.42 Å². The molecule has 58 heavy (non-hydrogen) atoms. The van der Waals surface area contributed by atoms with E-state index < -0.39 is 96.0 Å². The number of H-pyrrole nitrogens is 1. The fraction of sp³-hybridized carbons (Fsp3) is 0.463. The summed E-state index contributed by atoms with van der Waals surface area (Å²) < 4.78 is 0. The van der Waals surface area contributed by atoms with Crippen LogP contribution in [0.5, 0.6) is 0 Å². The highest BCUT2D eigenvalue weighted by Crippen LogP contribution is 2.20. The monoisotopic (exact) mass is 805 g/mol. The SMILES string of the molecule is CC[C@H](C)[C@H](NC(=O)[C@H](C)NC(=O)[C@H](CC(=O)O)NC(=O)[C@H](CC(C)C)NC(=O)[C@@H](Cc1ccccc1)NC(C)=O)C(=O)N[C@@H](Cc1c[nH]c2ccccc12)C(=O)O. The van der Waals surface area contributed by atoms with Crippen LogP contribution in [-0.4, -0.2) is 98.8 Å². The van der Waals surface area contributed by atoms with Crippen LogP contribution in [0.1, 0.15) is 71.9 Å². The van der Waals surface area contributed by atoms with Crippen molar-refractivity contribution in [1.29, 1.82) is 0 Å². The molecule has 0 saturated heterocycles. The fourth-order valence-corrected chi connectivity index (χ4v) is 6.28. The van der Waals surface area contributed by atoms with Crippen molar-refractivity contribution >= 4 is 58.3 Å². The van der Waals surface area contributed by atoms with Crippen LogP contribution in [-0.2, 0) is 51.2 Å². The Kier molecular flexibility index (Phi) is 17.4. The predicted octanol–water partition coefficient (Wildman–Crippen LogP) is 1.55. The van der Waals surface area contributed by atoms with Crippen LogP contribution in [0.15, 0.2) is 60.8 Å². The maximum Gasteiger partial charge on any atom is 0.326 e. The first-order valence-corrected chi connectivity index (χ1v) is 19.2. The molecule has 0 bridgehead atoms. The predicted molar refractivity (Wildman–Crippen MR) is 214 cm³/mol. The molecule has 3 aromatic rings. The molecule has 0 aliphatic rings. The van der Waals surface area contributed by atoms with Gasteiger partial charge in [0.1, 0.15) is 36.3 Å². The van der Waals surface area contributed by atoms with Crippen LogP contribution < -0.4 is 31.9 Å². The zero-order chi connectivity index (χ0) is 43.1. The molecule has 0 aliphatic heterocycles. The van der Waals surface area contributed by atoms with Gasteiger partial charge in [-0.2, -0.15) is 0 Å². The molecule has 0 radical (unpaired) electrons. The number of benzene rings is 2. The number of hydrogen-bond donors (Lipinski definition) is 9. The van der Waals surface area contributed by atoms with Gasteiger partial charge >= 0.3 is 11.9 Å². The summed E-state index contributed by atoms with van der Waals surface area (Å²) in [5.74, 6) is -7.96. The van der Waals surface area contributed by atoms with Crippen LogP contribution in [0.2, 0.25) is 0 Å². The summed E-state index contributed by atoms with van der Waals surface area (Å²) in [6, 6.07) is 8.35. The first-order chi connectivity index (χ1) is 27.4. The lowest BCUT2D eigenvalue weighted by Gasteiger charge is -2.28. The number of rotatable bonds is 22. The van der Waals surface area contributed by atoms with Crippen molar-refractivity contribution in [3.8, 4) is 0 Å². The van der Waals surface area contributed by atoms with Gasteiger partial charge in [-0.25, -0.2) is 4.79 Å². The number of hydrogen-bond acceptors (Lipinski definition) is 8. The van der Waals surface area contributed by atoms with Gasteiger partial charge in [0.2, 0.25) is 35.4 Å². The molecule has 1 heterocycles. The van der Waals surface area contributed by atoms with Crippen molar-refractivity contribution in [3.63, 3.8) is 0 Å². The van der Waals surface area contributed by atoms with Gasteiger partial charge in [-0.05, 0) is 42.4 Å². The van der Waals surface area contributed by atoms with Crippen molar-refractivity contribution in [2.75, 3.05) is 0 Å². The van der Waals surface area contributed by atoms with Crippen molar-refractivity contribution in [3.05, 3.63) is 71.9 Å². The number of carboxylic acids is 2. The third-order valence-electron chi connectivity index (χ3n) is 9.59. The Labute approximate surface area is 336 Å². The molecule has 9 N–H and O–H groups in total. The average Bonchev–Trinajstić information content (AvgIpc) is 3.57. The minimum atomic E-state index is -1.68. The van der Waals surface area contributed by atoms with Gasteiger partial charge in [0, 0.05) is 36.9 Å². The molecule has 3 rings (SSSR count). The third kappa shape index (κ3) is 14.0. The Morgan fingerprint density at radius 1 is 0.638 bits per heavy atom. The number of nitrogens with one attached hydrogen (secondary N) is 7. The lowest BCUT2D eigenvalue weighted by atomic mass is 9.97. The number of aromatic amines is 1. The van der Waals surface area contributed by atoms with Gasteiger partial charge in [0.15, 0.2) is 0 Å². The smallest absolute Gasteiger partial charge is 0.326 e. The van der Waals surface area contributed by atoms with Crippen LogP contribution >= 0.6 is 0 Å². The van der Waals surface area contributed by atoms with Crippen LogP contribution in [0.4, 0.5) is 0 Å². The lowest BCUT2D eigenvalue weighted by molar-refractivity contribution is -0.142. The number of aromatic nitrogens is 1. The van der Waals surface area contributed by atoms with Gasteiger partial charge in [-0.1, -0.05) is 82.6 Å². The summed E-state index contributed by atoms with van der Waals surface area (Å²) in [7, 11) is 0. The Morgan fingerprint density at radius 3 is 1.83 bits per heavy atom. The molecule has 2 aromatic carbocycles. The summed E-state index contributed by atoms with van der Waals surface area (Å²) in [5.41, 5.74) is 2.22. The topological polar surface area (TPSA) is 265 Å². The Balaban J connectivity index is 1.71. The summed E-state index contributed by atoms with van der Waals surface area (Å²) in [6.07, 6.45) is 1.39. The molecule has 0 aliphatic carbocycles. The highest BCUT2D eigenvalue weighted by atomic mass is 16.4. The Hall–Kier alpha value is -6.26. The average molecular weight is 806 g/mol. The molecule has 6 amide bonds. The second-order valence-electron chi connectivity index (χ2n) is 14.9. The van der Waals surface area contributed by atoms with E-state index in [-0.39, 0.29) is 25.2 Å². The zero-order valence-corrected chi connectivity index (χ0v) is 33.6. The molecular formula is C41H55N7O10. The summed E-state index contributed by atoms with van der Waals surface area (Å²) in [6.45, 7) is 9.60. The normalized spacial score (nSPS) is 14.7. The minimum Gasteiger partial charge on any atom is -0.481 e. The van der Waals surface area contributed by atoms with E-state index in [9.17, 15) is 48.6 Å². The molecule has 0 spiro atoms. The Bertz CT molecular complexity index is 1930. The second kappa shape index (κ2) is 21.9. The van der Waals surface area contributed by atoms with Gasteiger partial charge in [-0.15, -0.1) is 0 Å². The van der Waals surface area contributed by atoms with Crippen molar-refractivity contribution in [2.45, 2.75) is 110 Å². The van der Waals surface area contributed by atoms with Crippen LogP contribution in [0, 0.1) is 11.8 Å². The van der Waals surface area contributed by atoms with Crippen molar-refractivity contribution in [2.24, 2.45) is 11.8 Å². The number of carbonyl (C=O) groups is 8. The third-order valence-corrected chi connectivity index (χ3v) is 9.59. The summed E-state index contributed by atoms with van der Waals surface area (Å²) >= 11 is 0. The molecule has 0 unspecified atom stereocenters. The van der Waals surface area contributed by atoms with E-state index in [2.05, 4.69) is 36.9 Å². The highest BCUT2D eigenvalue weighted by Gasteiger charge is 2.34. The molecule has 17 heteroatoms. The molecular weight excluding hydrogens is 750 g/mol. The first-order valence-electron chi connectivity index (χ1n) is 19.2. The number of fused-ring (bicyclic) bond motifs is 1. The first kappa shape index (κ1) is 46.1. The van der Waals surface area contributed by atoms with E-state index in [1.54, 1.807) is 64.2 Å². The van der Waals surface area contributed by atoms with Crippen molar-refractivity contribution < 1.29 is 48.6 Å². The van der Waals surface area contributed by atoms with E-state index >= 15 is 0 Å². The number of para-hydroxylation sites is 1. The lowest BCUT2D eigenvalue weighted by Crippen LogP contribution is -2.60. The minimum absolute atomic E-state index is 0.0410. The van der Waals surface area contributed by atoms with E-state index in [4.69, 9.17) is 0 Å². The van der Waals surface area contributed by atoms with E-state index in [0.29, 0.717) is 12.0 Å². The van der Waals surface area contributed by atoms with Crippen molar-refractivity contribution in [1.82, 2.24) is 36.9 Å².